The molecule has 2 atom stereocenters. The number of amides is 5. The number of aryl methyl sites for hydroxylation is 1. The van der Waals surface area contributed by atoms with Gasteiger partial charge in [0.2, 0.25) is 29.5 Å². The van der Waals surface area contributed by atoms with E-state index in [-0.39, 0.29) is 31.6 Å². The summed E-state index contributed by atoms with van der Waals surface area (Å²) in [5.74, 6) is -3.26. The van der Waals surface area contributed by atoms with Gasteiger partial charge in [0.15, 0.2) is 0 Å². The van der Waals surface area contributed by atoms with Crippen molar-refractivity contribution in [3.05, 3.63) is 64.7 Å². The summed E-state index contributed by atoms with van der Waals surface area (Å²) in [6.07, 6.45) is 3.36. The first-order chi connectivity index (χ1) is 22.2. The molecule has 2 aromatic carbocycles. The van der Waals surface area contributed by atoms with E-state index >= 15 is 0 Å². The Bertz CT molecular complexity index is 1460. The van der Waals surface area contributed by atoms with E-state index in [9.17, 15) is 28.5 Å². The molecule has 1 fully saturated rings. The van der Waals surface area contributed by atoms with Crippen LogP contribution in [-0.4, -0.2) is 63.5 Å². The molecule has 0 spiro atoms. The summed E-state index contributed by atoms with van der Waals surface area (Å²) in [6, 6.07) is 10.5. The first kappa shape index (κ1) is 37.5. The number of primary amides is 1. The van der Waals surface area contributed by atoms with Gasteiger partial charge in [-0.05, 0) is 61.1 Å². The molecule has 0 unspecified atom stereocenters. The molecule has 1 saturated carbocycles. The number of rotatable bonds is 16. The van der Waals surface area contributed by atoms with Crippen molar-refractivity contribution in [3.8, 4) is 5.75 Å². The van der Waals surface area contributed by atoms with Gasteiger partial charge in [-0.15, -0.1) is 0 Å². The third-order valence-electron chi connectivity index (χ3n) is 7.67. The fraction of sp³-hybridized carbons (Fsp3) is 0.452. The number of hydrogen-bond acceptors (Lipinski definition) is 7. The maximum atomic E-state index is 13.8. The molecule has 3 rings (SSSR count). The first-order valence-corrected chi connectivity index (χ1v) is 17.1. The van der Waals surface area contributed by atoms with Crippen molar-refractivity contribution in [2.45, 2.75) is 82.3 Å². The Balaban J connectivity index is 1.70. The number of hydrogen-bond donors (Lipinski definition) is 7. The summed E-state index contributed by atoms with van der Waals surface area (Å²) in [5, 5.41) is 11.4. The van der Waals surface area contributed by atoms with E-state index in [1.54, 1.807) is 12.1 Å². The summed E-state index contributed by atoms with van der Waals surface area (Å²) >= 11 is 5.92. The van der Waals surface area contributed by atoms with E-state index in [2.05, 4.69) is 25.8 Å². The molecule has 0 saturated heterocycles. The van der Waals surface area contributed by atoms with Crippen LogP contribution in [0.5, 0.6) is 5.75 Å². The monoisotopic (exact) mass is 693 g/mol. The number of carbonyl (C=O) groups is 5. The van der Waals surface area contributed by atoms with Crippen molar-refractivity contribution in [1.82, 2.24) is 21.3 Å². The van der Waals surface area contributed by atoms with E-state index in [1.165, 1.54) is 31.2 Å². The van der Waals surface area contributed by atoms with E-state index in [0.717, 1.165) is 12.0 Å². The largest absolute Gasteiger partial charge is 0.524 e. The summed E-state index contributed by atoms with van der Waals surface area (Å²) < 4.78 is 15.7. The third-order valence-corrected chi connectivity index (χ3v) is 8.37. The molecule has 5 amide bonds. The Morgan fingerprint density at radius 2 is 1.53 bits per heavy atom. The molecule has 2 aromatic rings. The number of phosphoric ester groups is 1. The standard InChI is InChI=1S/C31H41ClN5O9P/c1-20(38)35-25(18-22-9-13-24(14-10-22)46-47(43,44)45)29(41)37-31(15-3-2-4-16-31)30(42)36-26(19-27(33)39)28(40)34-17-5-6-21-7-11-23(32)12-8-21/h7-14,25-26H,2-6,15-19H2,1H3,(H2,33,39)(H,34,40)(H,35,38)(H,36,42)(H,37,41)(H2,43,44,45)/t25-,26-/m0/s1. The lowest BCUT2D eigenvalue weighted by molar-refractivity contribution is -0.139. The number of nitrogens with one attached hydrogen (secondary N) is 4. The molecular formula is C31H41ClN5O9P. The third kappa shape index (κ3) is 12.6. The van der Waals surface area contributed by atoms with Crippen molar-refractivity contribution < 1.29 is 42.8 Å². The van der Waals surface area contributed by atoms with Crippen LogP contribution in [0.4, 0.5) is 0 Å². The van der Waals surface area contributed by atoms with Crippen molar-refractivity contribution in [2.24, 2.45) is 5.73 Å². The predicted octanol–water partition coefficient (Wildman–Crippen LogP) is 1.79. The molecule has 0 aromatic heterocycles. The summed E-state index contributed by atoms with van der Waals surface area (Å²) in [6.45, 7) is 1.52. The minimum absolute atomic E-state index is 0.0119. The van der Waals surface area contributed by atoms with Gasteiger partial charge >= 0.3 is 7.82 Å². The fourth-order valence-electron chi connectivity index (χ4n) is 5.39. The van der Waals surface area contributed by atoms with Gasteiger partial charge in [-0.2, -0.15) is 0 Å². The smallest absolute Gasteiger partial charge is 0.404 e. The molecule has 16 heteroatoms. The van der Waals surface area contributed by atoms with Crippen molar-refractivity contribution in [2.75, 3.05) is 6.54 Å². The lowest BCUT2D eigenvalue weighted by Crippen LogP contribution is -2.65. The summed E-state index contributed by atoms with van der Waals surface area (Å²) in [4.78, 5) is 82.4. The zero-order chi connectivity index (χ0) is 34.6. The van der Waals surface area contributed by atoms with Gasteiger partial charge in [0, 0.05) is 24.9 Å². The molecule has 0 radical (unpaired) electrons. The average Bonchev–Trinajstić information content (AvgIpc) is 2.99. The summed E-state index contributed by atoms with van der Waals surface area (Å²) in [5.41, 5.74) is 5.55. The maximum absolute atomic E-state index is 13.8. The molecule has 14 nitrogen and oxygen atoms in total. The molecule has 1 aliphatic rings. The lowest BCUT2D eigenvalue weighted by atomic mass is 9.80. The van der Waals surface area contributed by atoms with Crippen molar-refractivity contribution in [1.29, 1.82) is 0 Å². The van der Waals surface area contributed by atoms with Gasteiger partial charge in [0.25, 0.3) is 0 Å². The Kier molecular flexibility index (Phi) is 13.8. The van der Waals surface area contributed by atoms with Crippen LogP contribution in [0.15, 0.2) is 48.5 Å². The van der Waals surface area contributed by atoms with Crippen LogP contribution in [0.25, 0.3) is 0 Å². The van der Waals surface area contributed by atoms with Gasteiger partial charge in [-0.1, -0.05) is 55.1 Å². The molecule has 0 bridgehead atoms. The number of halogens is 1. The maximum Gasteiger partial charge on any atom is 0.524 e. The predicted molar refractivity (Wildman–Crippen MR) is 173 cm³/mol. The van der Waals surface area contributed by atoms with Crippen LogP contribution in [0.3, 0.4) is 0 Å². The van der Waals surface area contributed by atoms with Gasteiger partial charge in [0.1, 0.15) is 23.4 Å². The second-order valence-corrected chi connectivity index (χ2v) is 13.1. The van der Waals surface area contributed by atoms with Crippen LogP contribution >= 0.6 is 19.4 Å². The van der Waals surface area contributed by atoms with Crippen LogP contribution in [0.2, 0.25) is 5.02 Å². The van der Waals surface area contributed by atoms with Gasteiger partial charge in [0.05, 0.1) is 6.42 Å². The van der Waals surface area contributed by atoms with Crippen LogP contribution in [-0.2, 0) is 41.4 Å². The Labute approximate surface area is 277 Å². The highest BCUT2D eigenvalue weighted by Gasteiger charge is 2.43. The topological polar surface area (TPSA) is 226 Å². The highest BCUT2D eigenvalue weighted by Crippen LogP contribution is 2.37. The number of phosphoric acid groups is 1. The highest BCUT2D eigenvalue weighted by atomic mass is 35.5. The molecule has 8 N–H and O–H groups in total. The average molecular weight is 694 g/mol. The van der Waals surface area contributed by atoms with Gasteiger partial charge in [-0.3, -0.25) is 33.8 Å². The van der Waals surface area contributed by atoms with E-state index < -0.39 is 61.4 Å². The zero-order valence-electron chi connectivity index (χ0n) is 26.0. The van der Waals surface area contributed by atoms with E-state index in [0.29, 0.717) is 36.3 Å². The SMILES string of the molecule is CC(=O)N[C@@H](Cc1ccc(OP(=O)(O)O)cc1)C(=O)NC1(C(=O)N[C@@H](CC(N)=O)C(=O)NCCCc2ccc(Cl)cc2)CCCCC1. The summed E-state index contributed by atoms with van der Waals surface area (Å²) in [7, 11) is -4.76. The molecular weight excluding hydrogens is 653 g/mol. The number of nitrogens with two attached hydrogens (primary N) is 1. The van der Waals surface area contributed by atoms with E-state index in [1.807, 2.05) is 12.1 Å². The molecule has 256 valence electrons. The Morgan fingerprint density at radius 3 is 2.11 bits per heavy atom. The highest BCUT2D eigenvalue weighted by molar-refractivity contribution is 7.46. The molecule has 47 heavy (non-hydrogen) atoms. The van der Waals surface area contributed by atoms with Gasteiger partial charge < -0.3 is 31.5 Å². The Hall–Kier alpha value is -3.97. The quantitative estimate of drug-likeness (QED) is 0.100. The zero-order valence-corrected chi connectivity index (χ0v) is 27.6. The number of carbonyl (C=O) groups excluding carboxylic acids is 5. The van der Waals surface area contributed by atoms with E-state index in [4.69, 9.17) is 27.1 Å². The molecule has 0 aliphatic heterocycles. The second kappa shape index (κ2) is 17.3. The number of benzene rings is 2. The van der Waals surface area contributed by atoms with Gasteiger partial charge in [-0.25, -0.2) is 4.57 Å². The molecule has 1 aliphatic carbocycles. The lowest BCUT2D eigenvalue weighted by Gasteiger charge is -2.38. The van der Waals surface area contributed by atoms with Crippen LogP contribution < -0.4 is 31.5 Å². The van der Waals surface area contributed by atoms with Crippen molar-refractivity contribution in [3.63, 3.8) is 0 Å². The molecule has 0 heterocycles. The first-order valence-electron chi connectivity index (χ1n) is 15.2. The van der Waals surface area contributed by atoms with Crippen LogP contribution in [0, 0.1) is 0 Å². The van der Waals surface area contributed by atoms with Crippen molar-refractivity contribution >= 4 is 49.0 Å². The minimum Gasteiger partial charge on any atom is -0.404 e. The minimum atomic E-state index is -4.76. The van der Waals surface area contributed by atoms with Crippen LogP contribution in [0.1, 0.15) is 63.0 Å². The normalized spacial score (nSPS) is 15.4. The Morgan fingerprint density at radius 1 is 0.915 bits per heavy atom. The fourth-order valence-corrected chi connectivity index (χ4v) is 5.91. The second-order valence-electron chi connectivity index (χ2n) is 11.5.